The lowest BCUT2D eigenvalue weighted by Crippen LogP contribution is -2.13. The largest absolute Gasteiger partial charge is 0.292 e. The molecule has 1 aliphatic rings. The monoisotopic (exact) mass is 358 g/mol. The Kier molecular flexibility index (Phi) is 4.52. The molecule has 1 saturated heterocycles. The molecule has 0 spiro atoms. The van der Waals surface area contributed by atoms with Gasteiger partial charge in [-0.3, -0.25) is 19.8 Å². The van der Waals surface area contributed by atoms with Crippen molar-refractivity contribution in [3.05, 3.63) is 112 Å². The van der Waals surface area contributed by atoms with E-state index in [9.17, 15) is 14.9 Å². The third-order valence-corrected chi connectivity index (χ3v) is 4.90. The van der Waals surface area contributed by atoms with Crippen LogP contribution in [0.5, 0.6) is 0 Å². The van der Waals surface area contributed by atoms with Crippen molar-refractivity contribution in [2.75, 3.05) is 0 Å². The minimum atomic E-state index is -0.412. The van der Waals surface area contributed by atoms with E-state index in [4.69, 9.17) is 0 Å². The maximum Gasteiger partial charge on any atom is 0.269 e. The molecule has 3 aromatic carbocycles. The zero-order chi connectivity index (χ0) is 18.8. The maximum absolute atomic E-state index is 13.0. The number of carbonyl (C=O) groups is 1. The van der Waals surface area contributed by atoms with Gasteiger partial charge in [-0.05, 0) is 11.1 Å². The molecule has 0 bridgehead atoms. The van der Waals surface area contributed by atoms with Crippen LogP contribution in [0.15, 0.2) is 84.9 Å². The second-order valence-corrected chi connectivity index (χ2v) is 6.63. The van der Waals surface area contributed by atoms with Crippen molar-refractivity contribution >= 4 is 11.5 Å². The molecule has 5 heteroatoms. The van der Waals surface area contributed by atoms with E-state index in [-0.39, 0.29) is 23.6 Å². The Hall–Kier alpha value is -3.31. The number of hydrogen-bond acceptors (Lipinski definition) is 4. The Balaban J connectivity index is 1.62. The fraction of sp³-hybridized carbons (Fsp3) is 0.136. The summed E-state index contributed by atoms with van der Waals surface area (Å²) in [6.07, 6.45) is 0. The molecule has 3 atom stereocenters. The first kappa shape index (κ1) is 17.1. The van der Waals surface area contributed by atoms with E-state index in [1.165, 1.54) is 12.1 Å². The third-order valence-electron chi connectivity index (χ3n) is 4.90. The summed E-state index contributed by atoms with van der Waals surface area (Å²) in [6, 6.07) is 25.4. The number of nitro groups is 1. The van der Waals surface area contributed by atoms with E-state index in [0.29, 0.717) is 12.1 Å². The van der Waals surface area contributed by atoms with Gasteiger partial charge < -0.3 is 0 Å². The minimum Gasteiger partial charge on any atom is -0.292 e. The van der Waals surface area contributed by atoms with Crippen LogP contribution in [0.1, 0.15) is 27.5 Å². The van der Waals surface area contributed by atoms with Gasteiger partial charge in [0.05, 0.1) is 17.0 Å². The van der Waals surface area contributed by atoms with Gasteiger partial charge in [-0.25, -0.2) is 0 Å². The highest BCUT2D eigenvalue weighted by atomic mass is 16.6. The zero-order valence-corrected chi connectivity index (χ0v) is 14.6. The average molecular weight is 358 g/mol. The van der Waals surface area contributed by atoms with Crippen LogP contribution in [0.4, 0.5) is 5.69 Å². The Morgan fingerprint density at radius 3 is 2.07 bits per heavy atom. The smallest absolute Gasteiger partial charge is 0.269 e. The highest BCUT2D eigenvalue weighted by Gasteiger charge is 2.52. The van der Waals surface area contributed by atoms with Gasteiger partial charge in [0.1, 0.15) is 0 Å². The number of non-ortho nitro benzene ring substituents is 1. The fourth-order valence-corrected chi connectivity index (χ4v) is 3.50. The summed E-state index contributed by atoms with van der Waals surface area (Å²) in [5.41, 5.74) is 2.79. The molecule has 1 aliphatic heterocycles. The van der Waals surface area contributed by atoms with Crippen LogP contribution in [0.25, 0.3) is 0 Å². The summed E-state index contributed by atoms with van der Waals surface area (Å²) < 4.78 is 0. The van der Waals surface area contributed by atoms with E-state index < -0.39 is 4.92 Å². The van der Waals surface area contributed by atoms with Crippen molar-refractivity contribution in [1.82, 2.24) is 4.90 Å². The van der Waals surface area contributed by atoms with Crippen molar-refractivity contribution in [1.29, 1.82) is 0 Å². The van der Waals surface area contributed by atoms with E-state index in [1.807, 2.05) is 60.7 Å². The number of hydrogen-bond donors (Lipinski definition) is 0. The van der Waals surface area contributed by atoms with E-state index in [2.05, 4.69) is 4.90 Å². The summed E-state index contributed by atoms with van der Waals surface area (Å²) in [5, 5.41) is 10.9. The van der Waals surface area contributed by atoms with Gasteiger partial charge in [-0.2, -0.15) is 0 Å². The van der Waals surface area contributed by atoms with Gasteiger partial charge in [-0.1, -0.05) is 72.8 Å². The number of rotatable bonds is 6. The lowest BCUT2D eigenvalue weighted by atomic mass is 10.0. The van der Waals surface area contributed by atoms with Crippen LogP contribution >= 0.6 is 0 Å². The molecular formula is C22H18N2O3. The molecule has 0 amide bonds. The SMILES string of the molecule is O=C(c1ccccc1)[C@@H]1[C@H](c2ccc([N+](=O)[O-])cc2)N1Cc1ccccc1. The van der Waals surface area contributed by atoms with E-state index in [0.717, 1.165) is 11.1 Å². The molecule has 0 radical (unpaired) electrons. The normalized spacial score (nSPS) is 20.8. The van der Waals surface area contributed by atoms with Crippen molar-refractivity contribution in [3.63, 3.8) is 0 Å². The summed E-state index contributed by atoms with van der Waals surface area (Å²) in [5.74, 6) is 0.0786. The molecule has 3 aromatic rings. The maximum atomic E-state index is 13.0. The first-order valence-corrected chi connectivity index (χ1v) is 8.78. The predicted molar refractivity (Wildman–Crippen MR) is 102 cm³/mol. The van der Waals surface area contributed by atoms with Crippen LogP contribution in [0.2, 0.25) is 0 Å². The average Bonchev–Trinajstić information content (AvgIpc) is 3.42. The molecule has 134 valence electrons. The topological polar surface area (TPSA) is 63.2 Å². The number of benzene rings is 3. The summed E-state index contributed by atoms with van der Waals surface area (Å²) >= 11 is 0. The molecule has 0 saturated carbocycles. The Morgan fingerprint density at radius 1 is 0.889 bits per heavy atom. The Morgan fingerprint density at radius 2 is 1.48 bits per heavy atom. The summed E-state index contributed by atoms with van der Waals surface area (Å²) in [6.45, 7) is 0.658. The standard InChI is InChI=1S/C22H18N2O3/c25-22(18-9-5-2-6-10-18)21-20(17-11-13-19(14-12-17)24(26)27)23(21)15-16-7-3-1-4-8-16/h1-14,20-21H,15H2/t20-,21-,23?/m0/s1. The van der Waals surface area contributed by atoms with Crippen molar-refractivity contribution < 1.29 is 9.72 Å². The van der Waals surface area contributed by atoms with Gasteiger partial charge in [0.2, 0.25) is 0 Å². The number of carbonyl (C=O) groups excluding carboxylic acids is 1. The molecule has 1 heterocycles. The molecule has 0 aromatic heterocycles. The second kappa shape index (κ2) is 7.13. The van der Waals surface area contributed by atoms with Crippen LogP contribution < -0.4 is 0 Å². The molecule has 0 aliphatic carbocycles. The zero-order valence-electron chi connectivity index (χ0n) is 14.6. The molecule has 4 rings (SSSR count). The van der Waals surface area contributed by atoms with Gasteiger partial charge in [-0.15, -0.1) is 0 Å². The quantitative estimate of drug-likeness (QED) is 0.283. The lowest BCUT2D eigenvalue weighted by Gasteiger charge is -2.04. The number of nitro benzene ring substituents is 1. The van der Waals surface area contributed by atoms with Crippen LogP contribution in [0, 0.1) is 10.1 Å². The highest BCUT2D eigenvalue weighted by Crippen LogP contribution is 2.46. The second-order valence-electron chi connectivity index (χ2n) is 6.63. The van der Waals surface area contributed by atoms with Crippen LogP contribution in [-0.4, -0.2) is 21.6 Å². The number of nitrogens with zero attached hydrogens (tertiary/aromatic N) is 2. The molecule has 0 N–H and O–H groups in total. The Labute approximate surface area is 157 Å². The molecule has 1 unspecified atom stereocenters. The molecule has 5 nitrogen and oxygen atoms in total. The van der Waals surface area contributed by atoms with E-state index >= 15 is 0 Å². The summed E-state index contributed by atoms with van der Waals surface area (Å²) in [7, 11) is 0. The minimum absolute atomic E-state index is 0.0555. The van der Waals surface area contributed by atoms with Gasteiger partial charge >= 0.3 is 0 Å². The van der Waals surface area contributed by atoms with Crippen molar-refractivity contribution in [2.45, 2.75) is 18.6 Å². The predicted octanol–water partition coefficient (Wildman–Crippen LogP) is 4.40. The van der Waals surface area contributed by atoms with Crippen LogP contribution in [-0.2, 0) is 6.54 Å². The third kappa shape index (κ3) is 3.50. The molecule has 1 fully saturated rings. The van der Waals surface area contributed by atoms with Gasteiger partial charge in [0, 0.05) is 24.2 Å². The van der Waals surface area contributed by atoms with Gasteiger partial charge in [0.15, 0.2) is 5.78 Å². The van der Waals surface area contributed by atoms with Crippen LogP contribution in [0.3, 0.4) is 0 Å². The first-order chi connectivity index (χ1) is 13.1. The summed E-state index contributed by atoms with van der Waals surface area (Å²) in [4.78, 5) is 25.6. The highest BCUT2D eigenvalue weighted by molar-refractivity contribution is 6.02. The molecule has 27 heavy (non-hydrogen) atoms. The fourth-order valence-electron chi connectivity index (χ4n) is 3.50. The first-order valence-electron chi connectivity index (χ1n) is 8.78. The number of ketones is 1. The van der Waals surface area contributed by atoms with Gasteiger partial charge in [0.25, 0.3) is 5.69 Å². The Bertz CT molecular complexity index is 956. The number of Topliss-reactive ketones (excluding diaryl/α,β-unsaturated/α-hetero) is 1. The van der Waals surface area contributed by atoms with E-state index in [1.54, 1.807) is 12.1 Å². The lowest BCUT2D eigenvalue weighted by molar-refractivity contribution is -0.384. The van der Waals surface area contributed by atoms with Crippen molar-refractivity contribution in [2.24, 2.45) is 0 Å². The van der Waals surface area contributed by atoms with Crippen molar-refractivity contribution in [3.8, 4) is 0 Å². The molecular weight excluding hydrogens is 340 g/mol.